The van der Waals surface area contributed by atoms with Crippen molar-refractivity contribution >= 4 is 17.8 Å². The summed E-state index contributed by atoms with van der Waals surface area (Å²) in [7, 11) is 1.53. The third kappa shape index (κ3) is 3.63. The van der Waals surface area contributed by atoms with Crippen LogP contribution < -0.4 is 15.4 Å². The lowest BCUT2D eigenvalue weighted by Crippen LogP contribution is -2.44. The van der Waals surface area contributed by atoms with Gasteiger partial charge in [-0.3, -0.25) is 14.5 Å². The van der Waals surface area contributed by atoms with Gasteiger partial charge >= 0.3 is 6.03 Å². The first-order valence-electron chi connectivity index (χ1n) is 8.94. The predicted octanol–water partition coefficient (Wildman–Crippen LogP) is 1.35. The number of methoxy groups -OCH3 is 1. The zero-order valence-electron chi connectivity index (χ0n) is 14.9. The molecule has 1 spiro atoms. The molecule has 8 heteroatoms. The van der Waals surface area contributed by atoms with E-state index in [9.17, 15) is 14.4 Å². The Bertz CT molecular complexity index is 700. The number of carbonyl (C=O) groups is 3. The molecule has 1 saturated heterocycles. The van der Waals surface area contributed by atoms with Crippen molar-refractivity contribution in [3.63, 3.8) is 0 Å². The second-order valence-corrected chi connectivity index (χ2v) is 6.73. The van der Waals surface area contributed by atoms with E-state index in [1.807, 2.05) is 6.07 Å². The summed E-state index contributed by atoms with van der Waals surface area (Å²) < 4.78 is 5.14. The number of rotatable bonds is 7. The zero-order chi connectivity index (χ0) is 18.6. The van der Waals surface area contributed by atoms with E-state index in [4.69, 9.17) is 4.74 Å². The monoisotopic (exact) mass is 360 g/mol. The number of imide groups is 1. The molecule has 1 aliphatic carbocycles. The Balaban J connectivity index is 1.44. The van der Waals surface area contributed by atoms with Gasteiger partial charge in [0, 0.05) is 31.3 Å². The first-order valence-corrected chi connectivity index (χ1v) is 8.94. The van der Waals surface area contributed by atoms with Crippen molar-refractivity contribution < 1.29 is 19.1 Å². The van der Waals surface area contributed by atoms with E-state index in [2.05, 4.69) is 15.6 Å². The van der Waals surface area contributed by atoms with Crippen LogP contribution in [0.25, 0.3) is 0 Å². The molecule has 0 atom stereocenters. The Morgan fingerprint density at radius 2 is 2.15 bits per heavy atom. The molecule has 0 unspecified atom stereocenters. The van der Waals surface area contributed by atoms with Gasteiger partial charge in [0.15, 0.2) is 0 Å². The highest BCUT2D eigenvalue weighted by Crippen LogP contribution is 2.35. The van der Waals surface area contributed by atoms with Crippen LogP contribution in [0.5, 0.6) is 5.88 Å². The van der Waals surface area contributed by atoms with Crippen molar-refractivity contribution in [2.45, 2.75) is 50.6 Å². The molecule has 8 nitrogen and oxygen atoms in total. The normalized spacial score (nSPS) is 18.3. The van der Waals surface area contributed by atoms with Gasteiger partial charge in [0.2, 0.25) is 11.8 Å². The van der Waals surface area contributed by atoms with Crippen LogP contribution in [0.2, 0.25) is 0 Å². The molecular formula is C18H24N4O4. The SMILES string of the molecule is COc1ncccc1CNC(=O)CCCN1C(=O)NC2(CCCC2)C1=O. The molecular weight excluding hydrogens is 336 g/mol. The van der Waals surface area contributed by atoms with Crippen molar-refractivity contribution in [2.24, 2.45) is 0 Å². The lowest BCUT2D eigenvalue weighted by molar-refractivity contribution is -0.131. The van der Waals surface area contributed by atoms with Gasteiger partial charge in [-0.25, -0.2) is 9.78 Å². The standard InChI is InChI=1S/C18H24N4O4/c1-26-15-13(6-4-10-19-15)12-20-14(23)7-5-11-22-16(24)18(21-17(22)25)8-2-3-9-18/h4,6,10H,2-3,5,7-9,11-12H2,1H3,(H,20,23)(H,21,25). The third-order valence-electron chi connectivity index (χ3n) is 5.01. The number of pyridine rings is 1. The van der Waals surface area contributed by atoms with E-state index in [-0.39, 0.29) is 30.8 Å². The number of nitrogens with zero attached hydrogens (tertiary/aromatic N) is 2. The maximum Gasteiger partial charge on any atom is 0.325 e. The number of ether oxygens (including phenoxy) is 1. The number of hydrogen-bond donors (Lipinski definition) is 2. The quantitative estimate of drug-likeness (QED) is 0.715. The summed E-state index contributed by atoms with van der Waals surface area (Å²) in [5, 5.41) is 5.65. The fourth-order valence-corrected chi connectivity index (χ4v) is 3.62. The molecule has 0 radical (unpaired) electrons. The van der Waals surface area contributed by atoms with E-state index in [1.165, 1.54) is 12.0 Å². The second kappa shape index (κ2) is 7.72. The smallest absolute Gasteiger partial charge is 0.325 e. The number of nitrogens with one attached hydrogen (secondary N) is 2. The Hall–Kier alpha value is -2.64. The maximum absolute atomic E-state index is 12.5. The fraction of sp³-hybridized carbons (Fsp3) is 0.556. The molecule has 1 aromatic heterocycles. The molecule has 1 aromatic rings. The average Bonchev–Trinajstić information content (AvgIpc) is 3.20. The number of carbonyl (C=O) groups excluding carboxylic acids is 3. The van der Waals surface area contributed by atoms with E-state index in [0.29, 0.717) is 31.7 Å². The Labute approximate surface area is 152 Å². The lowest BCUT2D eigenvalue weighted by Gasteiger charge is -2.19. The summed E-state index contributed by atoms with van der Waals surface area (Å²) in [6.07, 6.45) is 5.64. The molecule has 0 aromatic carbocycles. The Kier molecular flexibility index (Phi) is 5.39. The second-order valence-electron chi connectivity index (χ2n) is 6.73. The van der Waals surface area contributed by atoms with Crippen molar-refractivity contribution in [1.82, 2.24) is 20.5 Å². The largest absolute Gasteiger partial charge is 0.481 e. The van der Waals surface area contributed by atoms with Crippen molar-refractivity contribution in [2.75, 3.05) is 13.7 Å². The van der Waals surface area contributed by atoms with Gasteiger partial charge in [-0.15, -0.1) is 0 Å². The van der Waals surface area contributed by atoms with Crippen molar-refractivity contribution in [3.05, 3.63) is 23.9 Å². The van der Waals surface area contributed by atoms with Crippen LogP contribution in [0.3, 0.4) is 0 Å². The highest BCUT2D eigenvalue weighted by molar-refractivity contribution is 6.07. The van der Waals surface area contributed by atoms with Crippen LogP contribution in [-0.2, 0) is 16.1 Å². The molecule has 1 saturated carbocycles. The van der Waals surface area contributed by atoms with E-state index >= 15 is 0 Å². The molecule has 2 aliphatic rings. The van der Waals surface area contributed by atoms with Gasteiger partial charge in [-0.2, -0.15) is 0 Å². The Morgan fingerprint density at radius 1 is 1.38 bits per heavy atom. The summed E-state index contributed by atoms with van der Waals surface area (Å²) in [5.41, 5.74) is 0.108. The number of hydrogen-bond acceptors (Lipinski definition) is 5. The van der Waals surface area contributed by atoms with Gasteiger partial charge in [-0.1, -0.05) is 18.9 Å². The highest BCUT2D eigenvalue weighted by Gasteiger charge is 2.51. The minimum Gasteiger partial charge on any atom is -0.481 e. The molecule has 1 aliphatic heterocycles. The minimum atomic E-state index is -0.684. The first kappa shape index (κ1) is 18.2. The van der Waals surface area contributed by atoms with Crippen LogP contribution in [0.1, 0.15) is 44.1 Å². The van der Waals surface area contributed by atoms with E-state index in [1.54, 1.807) is 12.3 Å². The maximum atomic E-state index is 12.5. The molecule has 2 heterocycles. The number of amides is 4. The average molecular weight is 360 g/mol. The summed E-state index contributed by atoms with van der Waals surface area (Å²) in [5.74, 6) is 0.202. The predicted molar refractivity (Wildman–Crippen MR) is 93.3 cm³/mol. The molecule has 4 amide bonds. The summed E-state index contributed by atoms with van der Waals surface area (Å²) in [6.45, 7) is 0.581. The van der Waals surface area contributed by atoms with Gasteiger partial charge in [0.25, 0.3) is 5.91 Å². The van der Waals surface area contributed by atoms with Gasteiger partial charge in [0.1, 0.15) is 5.54 Å². The van der Waals surface area contributed by atoms with Crippen LogP contribution in [0, 0.1) is 0 Å². The van der Waals surface area contributed by atoms with Gasteiger partial charge in [0.05, 0.1) is 7.11 Å². The van der Waals surface area contributed by atoms with E-state index < -0.39 is 5.54 Å². The molecule has 3 rings (SSSR count). The summed E-state index contributed by atoms with van der Waals surface area (Å²) in [4.78, 5) is 42.0. The van der Waals surface area contributed by atoms with Crippen molar-refractivity contribution in [1.29, 1.82) is 0 Å². The lowest BCUT2D eigenvalue weighted by atomic mass is 9.98. The molecule has 2 N–H and O–H groups in total. The topological polar surface area (TPSA) is 101 Å². The van der Waals surface area contributed by atoms with Crippen LogP contribution in [-0.4, -0.2) is 46.9 Å². The van der Waals surface area contributed by atoms with Gasteiger partial charge < -0.3 is 15.4 Å². The van der Waals surface area contributed by atoms with Gasteiger partial charge in [-0.05, 0) is 25.3 Å². The third-order valence-corrected chi connectivity index (χ3v) is 5.01. The summed E-state index contributed by atoms with van der Waals surface area (Å²) >= 11 is 0. The Morgan fingerprint density at radius 3 is 2.88 bits per heavy atom. The highest BCUT2D eigenvalue weighted by atomic mass is 16.5. The minimum absolute atomic E-state index is 0.138. The molecule has 140 valence electrons. The first-order chi connectivity index (χ1) is 12.6. The zero-order valence-corrected chi connectivity index (χ0v) is 14.9. The number of urea groups is 1. The van der Waals surface area contributed by atoms with E-state index in [0.717, 1.165) is 18.4 Å². The summed E-state index contributed by atoms with van der Waals surface area (Å²) in [6, 6.07) is 3.28. The molecule has 0 bridgehead atoms. The van der Waals surface area contributed by atoms with Crippen LogP contribution in [0.15, 0.2) is 18.3 Å². The van der Waals surface area contributed by atoms with Crippen LogP contribution in [0.4, 0.5) is 4.79 Å². The molecule has 26 heavy (non-hydrogen) atoms. The molecule has 2 fully saturated rings. The van der Waals surface area contributed by atoms with Crippen molar-refractivity contribution in [3.8, 4) is 5.88 Å². The van der Waals surface area contributed by atoms with Crippen LogP contribution >= 0.6 is 0 Å². The fourth-order valence-electron chi connectivity index (χ4n) is 3.62. The number of aromatic nitrogens is 1.